The van der Waals surface area contributed by atoms with E-state index in [0.29, 0.717) is 5.56 Å². The third-order valence-electron chi connectivity index (χ3n) is 4.02. The Labute approximate surface area is 160 Å². The summed E-state index contributed by atoms with van der Waals surface area (Å²) in [6, 6.07) is 13.8. The Hall–Kier alpha value is -2.85. The smallest absolute Gasteiger partial charge is 0.374 e. The SMILES string of the molecule is CN(C)c1c(C(F)(F)F)nn(-c2ccccc2S(N)(=O)=O)c1-c1ccccc1. The van der Waals surface area contributed by atoms with Gasteiger partial charge in [0.1, 0.15) is 4.90 Å². The highest BCUT2D eigenvalue weighted by atomic mass is 32.2. The Balaban J connectivity index is 2.47. The van der Waals surface area contributed by atoms with E-state index in [1.165, 1.54) is 43.3 Å². The lowest BCUT2D eigenvalue weighted by atomic mass is 10.1. The van der Waals surface area contributed by atoms with Crippen LogP contribution in [0, 0.1) is 0 Å². The van der Waals surface area contributed by atoms with Crippen molar-refractivity contribution in [3.05, 3.63) is 60.3 Å². The molecule has 0 amide bonds. The molecule has 0 saturated carbocycles. The lowest BCUT2D eigenvalue weighted by molar-refractivity contribution is -0.140. The highest BCUT2D eigenvalue weighted by Gasteiger charge is 2.41. The van der Waals surface area contributed by atoms with Gasteiger partial charge in [0.25, 0.3) is 0 Å². The van der Waals surface area contributed by atoms with Gasteiger partial charge in [0.2, 0.25) is 10.0 Å². The second-order valence-corrected chi connectivity index (χ2v) is 7.76. The topological polar surface area (TPSA) is 81.2 Å². The lowest BCUT2D eigenvalue weighted by Gasteiger charge is -2.17. The number of benzene rings is 2. The van der Waals surface area contributed by atoms with Gasteiger partial charge in [0.15, 0.2) is 5.69 Å². The van der Waals surface area contributed by atoms with Gasteiger partial charge in [-0.1, -0.05) is 42.5 Å². The van der Waals surface area contributed by atoms with Crippen LogP contribution in [0.5, 0.6) is 0 Å². The first-order valence-corrected chi connectivity index (χ1v) is 9.61. The normalized spacial score (nSPS) is 12.2. The highest BCUT2D eigenvalue weighted by molar-refractivity contribution is 7.89. The third-order valence-corrected chi connectivity index (χ3v) is 4.98. The fourth-order valence-electron chi connectivity index (χ4n) is 2.93. The van der Waals surface area contributed by atoms with Gasteiger partial charge in [-0.2, -0.15) is 18.3 Å². The van der Waals surface area contributed by atoms with E-state index in [4.69, 9.17) is 5.14 Å². The van der Waals surface area contributed by atoms with Gasteiger partial charge < -0.3 is 4.90 Å². The zero-order valence-electron chi connectivity index (χ0n) is 15.0. The molecule has 3 aromatic rings. The maximum Gasteiger partial charge on any atom is 0.437 e. The van der Waals surface area contributed by atoms with Crippen LogP contribution < -0.4 is 10.0 Å². The number of hydrogen-bond acceptors (Lipinski definition) is 4. The van der Waals surface area contributed by atoms with Gasteiger partial charge in [-0.25, -0.2) is 18.2 Å². The molecule has 0 fully saturated rings. The Morgan fingerprint density at radius 3 is 2.11 bits per heavy atom. The number of nitrogens with zero attached hydrogens (tertiary/aromatic N) is 3. The van der Waals surface area contributed by atoms with Crippen LogP contribution in [0.4, 0.5) is 18.9 Å². The van der Waals surface area contributed by atoms with Crippen LogP contribution in [0.2, 0.25) is 0 Å². The van der Waals surface area contributed by atoms with Crippen LogP contribution >= 0.6 is 0 Å². The van der Waals surface area contributed by atoms with E-state index in [2.05, 4.69) is 5.10 Å². The predicted molar refractivity (Wildman–Crippen MR) is 99.7 cm³/mol. The summed E-state index contributed by atoms with van der Waals surface area (Å²) < 4.78 is 66.1. The summed E-state index contributed by atoms with van der Waals surface area (Å²) in [7, 11) is -1.26. The number of nitrogens with two attached hydrogens (primary N) is 1. The first kappa shape index (κ1) is 19.9. The minimum atomic E-state index is -4.75. The van der Waals surface area contributed by atoms with Crippen molar-refractivity contribution in [1.82, 2.24) is 9.78 Å². The van der Waals surface area contributed by atoms with Crippen molar-refractivity contribution in [2.24, 2.45) is 5.14 Å². The molecule has 0 radical (unpaired) electrons. The number of sulfonamides is 1. The maximum atomic E-state index is 13.7. The third kappa shape index (κ3) is 3.60. The standard InChI is InChI=1S/C18H17F3N4O2S/c1-24(2)16-15(12-8-4-3-5-9-12)25(23-17(16)18(19,20)21)13-10-6-7-11-14(13)28(22,26)27/h3-11H,1-2H3,(H2,22,26,27). The van der Waals surface area contributed by atoms with Gasteiger partial charge in [0, 0.05) is 19.7 Å². The average Bonchev–Trinajstić information content (AvgIpc) is 3.03. The van der Waals surface area contributed by atoms with Gasteiger partial charge in [0.05, 0.1) is 17.1 Å². The summed E-state index contributed by atoms with van der Waals surface area (Å²) in [5.41, 5.74) is -0.821. The number of halogens is 3. The molecular weight excluding hydrogens is 393 g/mol. The fourth-order valence-corrected chi connectivity index (χ4v) is 3.64. The summed E-state index contributed by atoms with van der Waals surface area (Å²) in [5, 5.41) is 9.03. The molecule has 148 valence electrons. The van der Waals surface area contributed by atoms with E-state index in [1.54, 1.807) is 30.3 Å². The van der Waals surface area contributed by atoms with Crippen molar-refractivity contribution in [3.8, 4) is 16.9 Å². The van der Waals surface area contributed by atoms with Gasteiger partial charge >= 0.3 is 6.18 Å². The van der Waals surface area contributed by atoms with Gasteiger partial charge in [-0.3, -0.25) is 0 Å². The van der Waals surface area contributed by atoms with E-state index in [0.717, 1.165) is 4.68 Å². The van der Waals surface area contributed by atoms with Crippen LogP contribution in [-0.2, 0) is 16.2 Å². The van der Waals surface area contributed by atoms with Crippen LogP contribution in [0.3, 0.4) is 0 Å². The Morgan fingerprint density at radius 1 is 1.00 bits per heavy atom. The van der Waals surface area contributed by atoms with Crippen LogP contribution in [0.15, 0.2) is 59.5 Å². The molecule has 1 heterocycles. The Bertz CT molecular complexity index is 1110. The quantitative estimate of drug-likeness (QED) is 0.716. The summed E-state index contributed by atoms with van der Waals surface area (Å²) in [6.07, 6.45) is -4.75. The first-order chi connectivity index (χ1) is 13.0. The Kier molecular flexibility index (Phi) is 4.94. The molecule has 2 aromatic carbocycles. The average molecular weight is 410 g/mol. The highest BCUT2D eigenvalue weighted by Crippen LogP contribution is 2.43. The second-order valence-electron chi connectivity index (χ2n) is 6.23. The zero-order valence-corrected chi connectivity index (χ0v) is 15.8. The molecule has 0 aliphatic rings. The van der Waals surface area contributed by atoms with Crippen LogP contribution in [-0.4, -0.2) is 32.3 Å². The number of rotatable bonds is 4. The van der Waals surface area contributed by atoms with Crippen molar-refractivity contribution in [2.45, 2.75) is 11.1 Å². The van der Waals surface area contributed by atoms with E-state index in [1.807, 2.05) is 0 Å². The molecule has 0 bridgehead atoms. The molecule has 0 aliphatic heterocycles. The Morgan fingerprint density at radius 2 is 1.57 bits per heavy atom. The molecule has 0 unspecified atom stereocenters. The summed E-state index contributed by atoms with van der Waals surface area (Å²) >= 11 is 0. The van der Waals surface area contributed by atoms with Crippen molar-refractivity contribution in [1.29, 1.82) is 0 Å². The first-order valence-electron chi connectivity index (χ1n) is 8.07. The largest absolute Gasteiger partial charge is 0.437 e. The molecule has 28 heavy (non-hydrogen) atoms. The number of alkyl halides is 3. The predicted octanol–water partition coefficient (Wildman–Crippen LogP) is 3.27. The summed E-state index contributed by atoms with van der Waals surface area (Å²) in [6.45, 7) is 0. The molecule has 6 nitrogen and oxygen atoms in total. The summed E-state index contributed by atoms with van der Waals surface area (Å²) in [4.78, 5) is 0.975. The van der Waals surface area contributed by atoms with Crippen molar-refractivity contribution in [3.63, 3.8) is 0 Å². The molecule has 2 N–H and O–H groups in total. The van der Waals surface area contributed by atoms with E-state index in [9.17, 15) is 21.6 Å². The minimum absolute atomic E-state index is 0.0672. The maximum absolute atomic E-state index is 13.7. The van der Waals surface area contributed by atoms with Crippen molar-refractivity contribution in [2.75, 3.05) is 19.0 Å². The van der Waals surface area contributed by atoms with E-state index >= 15 is 0 Å². The summed E-state index contributed by atoms with van der Waals surface area (Å²) in [5.74, 6) is 0. The van der Waals surface area contributed by atoms with Crippen molar-refractivity contribution < 1.29 is 21.6 Å². The lowest BCUT2D eigenvalue weighted by Crippen LogP contribution is -2.16. The molecule has 0 saturated heterocycles. The number of aromatic nitrogens is 2. The fraction of sp³-hybridized carbons (Fsp3) is 0.167. The molecule has 0 atom stereocenters. The zero-order chi connectivity index (χ0) is 20.7. The molecular formula is C18H17F3N4O2S. The van der Waals surface area contributed by atoms with Gasteiger partial charge in [-0.05, 0) is 12.1 Å². The number of para-hydroxylation sites is 1. The van der Waals surface area contributed by atoms with Gasteiger partial charge in [-0.15, -0.1) is 0 Å². The van der Waals surface area contributed by atoms with E-state index < -0.39 is 21.9 Å². The molecule has 0 aliphatic carbocycles. The molecule has 0 spiro atoms. The van der Waals surface area contributed by atoms with E-state index in [-0.39, 0.29) is 22.0 Å². The monoisotopic (exact) mass is 410 g/mol. The number of primary sulfonamides is 1. The second kappa shape index (κ2) is 6.95. The molecule has 1 aromatic heterocycles. The molecule has 10 heteroatoms. The molecule has 3 rings (SSSR count). The minimum Gasteiger partial charge on any atom is -0.374 e. The van der Waals surface area contributed by atoms with Crippen LogP contribution in [0.1, 0.15) is 5.69 Å². The van der Waals surface area contributed by atoms with Crippen LogP contribution in [0.25, 0.3) is 16.9 Å². The van der Waals surface area contributed by atoms with Crippen molar-refractivity contribution >= 4 is 15.7 Å². The number of hydrogen-bond donors (Lipinski definition) is 1. The number of anilines is 1.